The number of halogens is 1. The molecule has 2 aromatic rings. The summed E-state index contributed by atoms with van der Waals surface area (Å²) in [5.41, 5.74) is 2.00. The van der Waals surface area contributed by atoms with E-state index in [1.165, 1.54) is 24.2 Å². The molecular formula is C14H17ClN4S2. The monoisotopic (exact) mass is 340 g/mol. The number of hydrogen-bond donors (Lipinski definition) is 1. The van der Waals surface area contributed by atoms with Gasteiger partial charge >= 0.3 is 0 Å². The molecule has 3 rings (SSSR count). The van der Waals surface area contributed by atoms with Gasteiger partial charge < -0.3 is 5.32 Å². The Kier molecular flexibility index (Phi) is 4.59. The molecular weight excluding hydrogens is 324 g/mol. The zero-order valence-corrected chi connectivity index (χ0v) is 14.2. The van der Waals surface area contributed by atoms with E-state index >= 15 is 0 Å². The summed E-state index contributed by atoms with van der Waals surface area (Å²) in [6, 6.07) is 5.90. The van der Waals surface area contributed by atoms with Gasteiger partial charge in [0, 0.05) is 10.7 Å². The largest absolute Gasteiger partial charge is 0.330 e. The second kappa shape index (κ2) is 6.44. The van der Waals surface area contributed by atoms with Crippen molar-refractivity contribution in [2.24, 2.45) is 0 Å². The summed E-state index contributed by atoms with van der Waals surface area (Å²) < 4.78 is 2.69. The Morgan fingerprint density at radius 2 is 2.14 bits per heavy atom. The first-order valence-electron chi connectivity index (χ1n) is 6.95. The molecule has 0 unspecified atom stereocenters. The van der Waals surface area contributed by atoms with Gasteiger partial charge in [-0.1, -0.05) is 29.0 Å². The number of nitrogens with zero attached hydrogens (tertiary/aromatic N) is 3. The second-order valence-corrected chi connectivity index (χ2v) is 7.26. The minimum Gasteiger partial charge on any atom is -0.330 e. The molecule has 1 N–H and O–H groups in total. The molecule has 0 spiro atoms. The van der Waals surface area contributed by atoms with Crippen LogP contribution in [0.25, 0.3) is 0 Å². The fourth-order valence-corrected chi connectivity index (χ4v) is 3.55. The van der Waals surface area contributed by atoms with E-state index < -0.39 is 0 Å². The smallest absolute Gasteiger partial charge is 0.209 e. The van der Waals surface area contributed by atoms with Crippen LogP contribution < -0.4 is 5.32 Å². The third kappa shape index (κ3) is 3.63. The fraction of sp³-hybridized carbons (Fsp3) is 0.429. The van der Waals surface area contributed by atoms with Crippen molar-refractivity contribution in [2.45, 2.75) is 26.4 Å². The molecule has 1 aliphatic rings. The van der Waals surface area contributed by atoms with Crippen LogP contribution in [0.3, 0.4) is 0 Å². The number of rotatable bonds is 4. The summed E-state index contributed by atoms with van der Waals surface area (Å²) in [5.74, 6) is 0. The Hall–Kier alpha value is -0.950. The number of aryl methyl sites for hydroxylation is 1. The molecule has 0 atom stereocenters. The van der Waals surface area contributed by atoms with Crippen LogP contribution in [-0.4, -0.2) is 27.8 Å². The normalized spacial score (nSPS) is 15.5. The van der Waals surface area contributed by atoms with E-state index in [-0.39, 0.29) is 0 Å². The number of hydrogen-bond acceptors (Lipinski definition) is 5. The van der Waals surface area contributed by atoms with Crippen molar-refractivity contribution >= 4 is 46.0 Å². The van der Waals surface area contributed by atoms with Crippen LogP contribution in [0, 0.1) is 10.9 Å². The van der Waals surface area contributed by atoms with Crippen LogP contribution in [0.5, 0.6) is 0 Å². The average molecular weight is 341 g/mol. The molecule has 0 amide bonds. The van der Waals surface area contributed by atoms with Crippen molar-refractivity contribution < 1.29 is 0 Å². The molecule has 2 heterocycles. The maximum Gasteiger partial charge on any atom is 0.209 e. The van der Waals surface area contributed by atoms with Gasteiger partial charge in [-0.2, -0.15) is 0 Å². The fourth-order valence-electron chi connectivity index (χ4n) is 2.35. The lowest BCUT2D eigenvalue weighted by Gasteiger charge is -2.13. The predicted molar refractivity (Wildman–Crippen MR) is 91.2 cm³/mol. The number of aromatic nitrogens is 2. The van der Waals surface area contributed by atoms with Gasteiger partial charge in [0.25, 0.3) is 0 Å². The summed E-state index contributed by atoms with van der Waals surface area (Å²) in [5, 5.41) is 9.39. The van der Waals surface area contributed by atoms with Crippen LogP contribution in [0.1, 0.15) is 18.4 Å². The number of anilines is 2. The van der Waals surface area contributed by atoms with Crippen LogP contribution in [-0.2, 0) is 6.67 Å². The van der Waals surface area contributed by atoms with E-state index in [4.69, 9.17) is 23.8 Å². The first-order chi connectivity index (χ1) is 10.1. The van der Waals surface area contributed by atoms with Crippen LogP contribution >= 0.6 is 35.2 Å². The molecule has 4 nitrogen and oxygen atoms in total. The van der Waals surface area contributed by atoms with Crippen molar-refractivity contribution in [1.29, 1.82) is 0 Å². The molecule has 21 heavy (non-hydrogen) atoms. The minimum absolute atomic E-state index is 0.750. The maximum absolute atomic E-state index is 6.14. The summed E-state index contributed by atoms with van der Waals surface area (Å²) in [7, 11) is 0. The topological polar surface area (TPSA) is 33.1 Å². The SMILES string of the molecule is Cc1ccc(Nc2nn(CN3CCCC3)c(=S)s2)cc1Cl. The van der Waals surface area contributed by atoms with Crippen molar-refractivity contribution in [3.8, 4) is 0 Å². The van der Waals surface area contributed by atoms with Crippen molar-refractivity contribution in [3.63, 3.8) is 0 Å². The Labute approximate surface area is 138 Å². The van der Waals surface area contributed by atoms with Gasteiger partial charge in [0.2, 0.25) is 5.13 Å². The third-order valence-electron chi connectivity index (χ3n) is 3.56. The number of nitrogens with one attached hydrogen (secondary N) is 1. The van der Waals surface area contributed by atoms with E-state index in [0.29, 0.717) is 0 Å². The molecule has 1 aromatic heterocycles. The first kappa shape index (κ1) is 15.0. The quantitative estimate of drug-likeness (QED) is 0.834. The molecule has 1 fully saturated rings. The van der Waals surface area contributed by atoms with E-state index in [1.807, 2.05) is 29.8 Å². The van der Waals surface area contributed by atoms with Gasteiger partial charge in [-0.05, 0) is 62.8 Å². The zero-order valence-electron chi connectivity index (χ0n) is 11.8. The van der Waals surface area contributed by atoms with Crippen LogP contribution in [0.15, 0.2) is 18.2 Å². The van der Waals surface area contributed by atoms with E-state index in [2.05, 4.69) is 15.3 Å². The highest BCUT2D eigenvalue weighted by atomic mass is 35.5. The highest BCUT2D eigenvalue weighted by molar-refractivity contribution is 7.73. The third-order valence-corrected chi connectivity index (χ3v) is 5.19. The Morgan fingerprint density at radius 1 is 1.38 bits per heavy atom. The van der Waals surface area contributed by atoms with Gasteiger partial charge in [-0.3, -0.25) is 4.90 Å². The van der Waals surface area contributed by atoms with Crippen molar-refractivity contribution in [1.82, 2.24) is 14.7 Å². The van der Waals surface area contributed by atoms with Gasteiger partial charge in [-0.25, -0.2) is 4.68 Å². The van der Waals surface area contributed by atoms with E-state index in [9.17, 15) is 0 Å². The predicted octanol–water partition coefficient (Wildman–Crippen LogP) is 4.43. The van der Waals surface area contributed by atoms with Gasteiger partial charge in [0.15, 0.2) is 3.95 Å². The maximum atomic E-state index is 6.14. The summed E-state index contributed by atoms with van der Waals surface area (Å²) in [6.07, 6.45) is 2.54. The molecule has 0 aliphatic carbocycles. The highest BCUT2D eigenvalue weighted by Crippen LogP contribution is 2.25. The lowest BCUT2D eigenvalue weighted by Crippen LogP contribution is -2.23. The summed E-state index contributed by atoms with van der Waals surface area (Å²) >= 11 is 13.0. The van der Waals surface area contributed by atoms with E-state index in [0.717, 1.165) is 45.1 Å². The molecule has 0 saturated carbocycles. The second-order valence-electron chi connectivity index (χ2n) is 5.23. The van der Waals surface area contributed by atoms with Crippen LogP contribution in [0.4, 0.5) is 10.8 Å². The molecule has 0 bridgehead atoms. The average Bonchev–Trinajstić information content (AvgIpc) is 3.06. The lowest BCUT2D eigenvalue weighted by atomic mass is 10.2. The highest BCUT2D eigenvalue weighted by Gasteiger charge is 2.13. The Balaban J connectivity index is 1.73. The Morgan fingerprint density at radius 3 is 2.86 bits per heavy atom. The molecule has 112 valence electrons. The van der Waals surface area contributed by atoms with Crippen molar-refractivity contribution in [2.75, 3.05) is 18.4 Å². The number of benzene rings is 1. The molecule has 7 heteroatoms. The molecule has 1 aromatic carbocycles. The minimum atomic E-state index is 0.750. The van der Waals surface area contributed by atoms with E-state index in [1.54, 1.807) is 0 Å². The standard InChI is InChI=1S/C14H17ClN4S2/c1-10-4-5-11(8-12(10)15)16-13-17-19(14(20)21-13)9-18-6-2-3-7-18/h4-5,8H,2-3,6-7,9H2,1H3,(H,16,17). The summed E-state index contributed by atoms with van der Waals surface area (Å²) in [6.45, 7) is 5.04. The molecule has 0 radical (unpaired) electrons. The lowest BCUT2D eigenvalue weighted by molar-refractivity contribution is 0.255. The zero-order chi connectivity index (χ0) is 14.8. The van der Waals surface area contributed by atoms with Gasteiger partial charge in [0.05, 0.1) is 6.67 Å². The molecule has 1 aliphatic heterocycles. The van der Waals surface area contributed by atoms with Gasteiger partial charge in [-0.15, -0.1) is 5.10 Å². The number of likely N-dealkylation sites (tertiary alicyclic amines) is 1. The van der Waals surface area contributed by atoms with Crippen LogP contribution in [0.2, 0.25) is 5.02 Å². The Bertz CT molecular complexity index is 689. The van der Waals surface area contributed by atoms with Crippen molar-refractivity contribution in [3.05, 3.63) is 32.7 Å². The van der Waals surface area contributed by atoms with Gasteiger partial charge in [0.1, 0.15) is 0 Å². The summed E-state index contributed by atoms with van der Waals surface area (Å²) in [4.78, 5) is 2.38. The molecule has 1 saturated heterocycles. The first-order valence-corrected chi connectivity index (χ1v) is 8.55.